The van der Waals surface area contributed by atoms with Crippen LogP contribution >= 0.6 is 0 Å². The van der Waals surface area contributed by atoms with Gasteiger partial charge >= 0.3 is 0 Å². The molecular weight excluding hydrogens is 214 g/mol. The zero-order valence-electron chi connectivity index (χ0n) is 9.23. The van der Waals surface area contributed by atoms with Gasteiger partial charge in [0.2, 0.25) is 5.71 Å². The molecule has 5 nitrogen and oxygen atoms in total. The first-order valence-corrected chi connectivity index (χ1v) is 5.02. The van der Waals surface area contributed by atoms with E-state index in [0.29, 0.717) is 6.54 Å². The number of H-pyrrole nitrogens is 1. The van der Waals surface area contributed by atoms with Crippen LogP contribution in [-0.2, 0) is 6.54 Å². The molecule has 0 aliphatic carbocycles. The molecule has 0 saturated carbocycles. The van der Waals surface area contributed by atoms with Gasteiger partial charge in [0.05, 0.1) is 6.54 Å². The van der Waals surface area contributed by atoms with Crippen LogP contribution in [0.5, 0.6) is 0 Å². The largest absolute Gasteiger partial charge is 0.346 e. The van der Waals surface area contributed by atoms with Gasteiger partial charge in [-0.3, -0.25) is 4.99 Å². The Balaban J connectivity index is 2.32. The summed E-state index contributed by atoms with van der Waals surface area (Å²) in [6.45, 7) is 2.29. The van der Waals surface area contributed by atoms with E-state index in [1.807, 2.05) is 19.2 Å². The number of rotatable bonds is 2. The van der Waals surface area contributed by atoms with Crippen molar-refractivity contribution in [2.45, 2.75) is 13.5 Å². The fraction of sp³-hybridized carbons (Fsp3) is 0.167. The minimum absolute atomic E-state index is 0.115. The summed E-state index contributed by atoms with van der Waals surface area (Å²) in [5.41, 5.74) is 2.70. The second-order valence-corrected chi connectivity index (χ2v) is 3.60. The van der Waals surface area contributed by atoms with Gasteiger partial charge in [-0.15, -0.1) is 0 Å². The average Bonchev–Trinajstić information content (AvgIpc) is 2.72. The van der Waals surface area contributed by atoms with Crippen molar-refractivity contribution in [1.82, 2.24) is 9.97 Å². The molecule has 2 aromatic rings. The molecule has 0 aliphatic heterocycles. The van der Waals surface area contributed by atoms with Gasteiger partial charge < -0.3 is 4.98 Å². The number of aromatic amines is 1. The number of nitriles is 2. The summed E-state index contributed by atoms with van der Waals surface area (Å²) >= 11 is 0. The lowest BCUT2D eigenvalue weighted by Crippen LogP contribution is -1.91. The molecule has 0 unspecified atom stereocenters. The monoisotopic (exact) mass is 223 g/mol. The van der Waals surface area contributed by atoms with Crippen molar-refractivity contribution in [1.29, 1.82) is 10.5 Å². The number of hydrogen-bond acceptors (Lipinski definition) is 4. The number of hydrogen-bond donors (Lipinski definition) is 1. The van der Waals surface area contributed by atoms with Crippen LogP contribution in [-0.4, -0.2) is 15.7 Å². The maximum atomic E-state index is 8.56. The van der Waals surface area contributed by atoms with E-state index < -0.39 is 0 Å². The summed E-state index contributed by atoms with van der Waals surface area (Å²) in [6.07, 6.45) is 3.58. The number of aromatic nitrogens is 2. The fourth-order valence-electron chi connectivity index (χ4n) is 1.53. The van der Waals surface area contributed by atoms with Crippen molar-refractivity contribution < 1.29 is 0 Å². The lowest BCUT2D eigenvalue weighted by atomic mass is 10.2. The number of nitrogens with zero attached hydrogens (tertiary/aromatic N) is 4. The van der Waals surface area contributed by atoms with Crippen LogP contribution in [0.3, 0.4) is 0 Å². The van der Waals surface area contributed by atoms with Crippen LogP contribution in [0.4, 0.5) is 0 Å². The van der Waals surface area contributed by atoms with E-state index in [2.05, 4.69) is 15.0 Å². The molecule has 0 atom stereocenters. The topological polar surface area (TPSA) is 88.6 Å². The molecule has 0 aliphatic rings. The predicted octanol–water partition coefficient (Wildman–Crippen LogP) is 1.86. The maximum Gasteiger partial charge on any atom is 0.213 e. The summed E-state index contributed by atoms with van der Waals surface area (Å²) in [6, 6.07) is 5.42. The molecule has 0 fully saturated rings. The number of aliphatic imine (C=N–C) groups is 1. The van der Waals surface area contributed by atoms with Gasteiger partial charge in [-0.2, -0.15) is 10.5 Å². The van der Waals surface area contributed by atoms with Gasteiger partial charge in [0.25, 0.3) is 0 Å². The molecule has 82 valence electrons. The first-order chi connectivity index (χ1) is 8.24. The summed E-state index contributed by atoms with van der Waals surface area (Å²) in [7, 11) is 0. The van der Waals surface area contributed by atoms with Crippen LogP contribution in [0.2, 0.25) is 0 Å². The standard InChI is InChI=1S/C12H9N5/c1-8-5-16-12-11(8)2-9(7-17-12)6-15-10(3-13)4-14/h2,5,7H,6H2,1H3,(H,16,17). The van der Waals surface area contributed by atoms with Gasteiger partial charge in [-0.1, -0.05) is 0 Å². The van der Waals surface area contributed by atoms with Gasteiger partial charge in [-0.25, -0.2) is 4.98 Å². The van der Waals surface area contributed by atoms with E-state index in [1.165, 1.54) is 0 Å². The second-order valence-electron chi connectivity index (χ2n) is 3.60. The average molecular weight is 223 g/mol. The third-order valence-electron chi connectivity index (χ3n) is 2.43. The molecular formula is C12H9N5. The van der Waals surface area contributed by atoms with Crippen molar-refractivity contribution in [2.24, 2.45) is 4.99 Å². The molecule has 2 rings (SSSR count). The minimum atomic E-state index is -0.115. The Bertz CT molecular complexity index is 650. The Labute approximate surface area is 98.0 Å². The van der Waals surface area contributed by atoms with Crippen molar-refractivity contribution in [3.05, 3.63) is 29.6 Å². The summed E-state index contributed by atoms with van der Waals surface area (Å²) < 4.78 is 0. The van der Waals surface area contributed by atoms with E-state index >= 15 is 0 Å². The van der Waals surface area contributed by atoms with Crippen LogP contribution in [0.15, 0.2) is 23.5 Å². The van der Waals surface area contributed by atoms with Crippen molar-refractivity contribution in [3.8, 4) is 12.1 Å². The Morgan fingerprint density at radius 1 is 1.47 bits per heavy atom. The maximum absolute atomic E-state index is 8.56. The number of pyridine rings is 1. The Morgan fingerprint density at radius 3 is 2.94 bits per heavy atom. The summed E-state index contributed by atoms with van der Waals surface area (Å²) in [4.78, 5) is 11.2. The third kappa shape index (κ3) is 2.14. The zero-order chi connectivity index (χ0) is 12.3. The minimum Gasteiger partial charge on any atom is -0.346 e. The van der Waals surface area contributed by atoms with Gasteiger partial charge in [0.15, 0.2) is 0 Å². The van der Waals surface area contributed by atoms with Crippen molar-refractivity contribution in [3.63, 3.8) is 0 Å². The molecule has 0 amide bonds. The Hall–Kier alpha value is -2.66. The van der Waals surface area contributed by atoms with Crippen LogP contribution < -0.4 is 0 Å². The van der Waals surface area contributed by atoms with E-state index in [1.54, 1.807) is 18.3 Å². The smallest absolute Gasteiger partial charge is 0.213 e. The first kappa shape index (κ1) is 10.8. The quantitative estimate of drug-likeness (QED) is 0.788. The highest BCUT2D eigenvalue weighted by atomic mass is 14.8. The highest BCUT2D eigenvalue weighted by Gasteiger charge is 2.02. The van der Waals surface area contributed by atoms with Crippen molar-refractivity contribution in [2.75, 3.05) is 0 Å². The van der Waals surface area contributed by atoms with Gasteiger partial charge in [0.1, 0.15) is 17.8 Å². The van der Waals surface area contributed by atoms with Gasteiger partial charge in [0, 0.05) is 17.8 Å². The van der Waals surface area contributed by atoms with E-state index in [4.69, 9.17) is 10.5 Å². The highest BCUT2D eigenvalue weighted by molar-refractivity contribution is 6.10. The fourth-order valence-corrected chi connectivity index (χ4v) is 1.53. The SMILES string of the molecule is Cc1c[nH]c2ncc(CN=C(C#N)C#N)cc12. The Kier molecular flexibility index (Phi) is 2.85. The molecule has 2 aromatic heterocycles. The number of aryl methyl sites for hydroxylation is 1. The number of fused-ring (bicyclic) bond motifs is 1. The predicted molar refractivity (Wildman–Crippen MR) is 63.2 cm³/mol. The molecule has 0 aromatic carbocycles. The van der Waals surface area contributed by atoms with Gasteiger partial charge in [-0.05, 0) is 24.1 Å². The molecule has 0 saturated heterocycles. The lowest BCUT2D eigenvalue weighted by Gasteiger charge is -1.97. The van der Waals surface area contributed by atoms with Crippen molar-refractivity contribution >= 4 is 16.7 Å². The normalized spacial score (nSPS) is 9.59. The second kappa shape index (κ2) is 4.46. The summed E-state index contributed by atoms with van der Waals surface area (Å²) in [5.74, 6) is 0. The van der Waals surface area contributed by atoms with E-state index in [-0.39, 0.29) is 5.71 Å². The molecule has 0 spiro atoms. The summed E-state index contributed by atoms with van der Waals surface area (Å²) in [5, 5.41) is 18.2. The van der Waals surface area contributed by atoms with E-state index in [0.717, 1.165) is 22.2 Å². The van der Waals surface area contributed by atoms with Crippen LogP contribution in [0.1, 0.15) is 11.1 Å². The molecule has 0 radical (unpaired) electrons. The molecule has 17 heavy (non-hydrogen) atoms. The molecule has 0 bridgehead atoms. The van der Waals surface area contributed by atoms with Crippen LogP contribution in [0.25, 0.3) is 11.0 Å². The highest BCUT2D eigenvalue weighted by Crippen LogP contribution is 2.16. The Morgan fingerprint density at radius 2 is 2.24 bits per heavy atom. The van der Waals surface area contributed by atoms with E-state index in [9.17, 15) is 0 Å². The first-order valence-electron chi connectivity index (χ1n) is 5.02. The molecule has 1 N–H and O–H groups in total. The third-order valence-corrected chi connectivity index (χ3v) is 2.43. The van der Waals surface area contributed by atoms with Crippen LogP contribution in [0, 0.1) is 29.6 Å². The zero-order valence-corrected chi connectivity index (χ0v) is 9.23. The molecule has 5 heteroatoms. The number of nitrogens with one attached hydrogen (secondary N) is 1. The molecule has 2 heterocycles. The lowest BCUT2D eigenvalue weighted by molar-refractivity contribution is 1.06.